The van der Waals surface area contributed by atoms with Crippen LogP contribution in [-0.4, -0.2) is 11.7 Å². The Morgan fingerprint density at radius 3 is 2.75 bits per heavy atom. The second-order valence-electron chi connectivity index (χ2n) is 1.73. The lowest BCUT2D eigenvalue weighted by atomic mass is 10.2. The largest absolute Gasteiger partial charge is 0.395 e. The third kappa shape index (κ3) is 1.01. The highest BCUT2D eigenvalue weighted by Crippen LogP contribution is 2.23. The molecule has 1 N–H and O–H groups in total. The van der Waals surface area contributed by atoms with E-state index in [1.54, 1.807) is 0 Å². The number of hydrogen-bond acceptors (Lipinski definition) is 1. The van der Waals surface area contributed by atoms with Crippen LogP contribution in [0.2, 0.25) is 0 Å². The highest BCUT2D eigenvalue weighted by Gasteiger charge is 2.08. The normalized spacial score (nSPS) is 26.2. The van der Waals surface area contributed by atoms with E-state index in [-0.39, 0.29) is 12.5 Å². The van der Waals surface area contributed by atoms with Gasteiger partial charge in [0.15, 0.2) is 0 Å². The van der Waals surface area contributed by atoms with Crippen molar-refractivity contribution in [3.05, 3.63) is 22.7 Å². The second-order valence-corrected chi connectivity index (χ2v) is 2.64. The minimum Gasteiger partial charge on any atom is -0.395 e. The summed E-state index contributed by atoms with van der Waals surface area (Å²) in [5.41, 5.74) is 0. The molecule has 1 unspecified atom stereocenters. The Morgan fingerprint density at radius 1 is 1.75 bits per heavy atom. The third-order valence-electron chi connectivity index (χ3n) is 1.15. The smallest absolute Gasteiger partial charge is 0.0539 e. The first kappa shape index (κ1) is 6.05. The Bertz CT molecular complexity index is 137. The first-order chi connectivity index (χ1) is 3.84. The summed E-state index contributed by atoms with van der Waals surface area (Å²) in [6.07, 6.45) is 5.84. The summed E-state index contributed by atoms with van der Waals surface area (Å²) >= 11 is 3.30. The number of aliphatic hydroxyl groups excluding tert-OH is 1. The van der Waals surface area contributed by atoms with Crippen LogP contribution in [-0.2, 0) is 0 Å². The molecule has 0 saturated carbocycles. The fourth-order valence-corrected chi connectivity index (χ4v) is 1.10. The van der Waals surface area contributed by atoms with Gasteiger partial charge in [-0.05, 0) is 0 Å². The molecule has 0 aromatic carbocycles. The summed E-state index contributed by atoms with van der Waals surface area (Å²) in [5, 5.41) is 8.61. The van der Waals surface area contributed by atoms with Crippen molar-refractivity contribution < 1.29 is 5.11 Å². The van der Waals surface area contributed by atoms with Crippen LogP contribution < -0.4 is 0 Å². The van der Waals surface area contributed by atoms with Crippen molar-refractivity contribution in [2.24, 2.45) is 5.92 Å². The van der Waals surface area contributed by atoms with Crippen molar-refractivity contribution in [1.82, 2.24) is 0 Å². The van der Waals surface area contributed by atoms with Gasteiger partial charge in [-0.15, -0.1) is 0 Å². The maximum absolute atomic E-state index is 8.61. The van der Waals surface area contributed by atoms with Crippen LogP contribution in [0, 0.1) is 5.92 Å². The van der Waals surface area contributed by atoms with Gasteiger partial charge < -0.3 is 5.11 Å². The molecule has 1 nitrogen and oxygen atoms in total. The number of allylic oxidation sites excluding steroid dienone is 2. The van der Waals surface area contributed by atoms with E-state index < -0.39 is 0 Å². The fourth-order valence-electron chi connectivity index (χ4n) is 0.645. The molecule has 1 rings (SSSR count). The molecule has 0 bridgehead atoms. The minimum absolute atomic E-state index is 0.202. The van der Waals surface area contributed by atoms with E-state index in [4.69, 9.17) is 5.11 Å². The summed E-state index contributed by atoms with van der Waals surface area (Å²) in [6.45, 7) is 0.202. The second kappa shape index (κ2) is 2.46. The average Bonchev–Trinajstić information content (AvgIpc) is 2.14. The van der Waals surface area contributed by atoms with E-state index >= 15 is 0 Å². The number of hydrogen-bond donors (Lipinski definition) is 1. The zero-order valence-corrected chi connectivity index (χ0v) is 5.93. The summed E-state index contributed by atoms with van der Waals surface area (Å²) in [5.74, 6) is 0.218. The van der Waals surface area contributed by atoms with Crippen LogP contribution in [0.25, 0.3) is 0 Å². The van der Waals surface area contributed by atoms with Gasteiger partial charge in [0.05, 0.1) is 6.61 Å². The van der Waals surface area contributed by atoms with E-state index in [0.717, 1.165) is 4.48 Å². The molecule has 8 heavy (non-hydrogen) atoms. The lowest BCUT2D eigenvalue weighted by Crippen LogP contribution is -1.97. The summed E-state index contributed by atoms with van der Waals surface area (Å²) in [6, 6.07) is 0. The van der Waals surface area contributed by atoms with Gasteiger partial charge in [-0.2, -0.15) is 0 Å². The Morgan fingerprint density at radius 2 is 2.50 bits per heavy atom. The van der Waals surface area contributed by atoms with Gasteiger partial charge in [-0.3, -0.25) is 0 Å². The van der Waals surface area contributed by atoms with Gasteiger partial charge in [0.25, 0.3) is 0 Å². The zero-order valence-electron chi connectivity index (χ0n) is 4.34. The molecule has 0 amide bonds. The monoisotopic (exact) mass is 174 g/mol. The van der Waals surface area contributed by atoms with Crippen molar-refractivity contribution in [1.29, 1.82) is 0 Å². The number of rotatable bonds is 1. The summed E-state index contributed by atoms with van der Waals surface area (Å²) in [7, 11) is 0. The van der Waals surface area contributed by atoms with Crippen LogP contribution in [0.15, 0.2) is 22.7 Å². The molecule has 0 saturated heterocycles. The van der Waals surface area contributed by atoms with Gasteiger partial charge in [-0.25, -0.2) is 0 Å². The van der Waals surface area contributed by atoms with Crippen molar-refractivity contribution in [2.45, 2.75) is 0 Å². The number of aliphatic hydroxyl groups is 1. The van der Waals surface area contributed by atoms with E-state index in [0.29, 0.717) is 0 Å². The van der Waals surface area contributed by atoms with Crippen LogP contribution in [0.3, 0.4) is 0 Å². The Labute approximate surface area is 56.8 Å². The molecule has 0 radical (unpaired) electrons. The average molecular weight is 175 g/mol. The molecular weight excluding hydrogens is 168 g/mol. The maximum Gasteiger partial charge on any atom is 0.0539 e. The molecular formula is C6H7BrO. The van der Waals surface area contributed by atoms with Gasteiger partial charge in [0, 0.05) is 10.4 Å². The Balaban J connectivity index is 2.58. The molecule has 1 aliphatic rings. The van der Waals surface area contributed by atoms with Crippen LogP contribution >= 0.6 is 15.9 Å². The Hall–Kier alpha value is -0.0800. The van der Waals surface area contributed by atoms with E-state index in [9.17, 15) is 0 Å². The molecule has 2 heteroatoms. The standard InChI is InChI=1S/C6H7BrO/c7-6-3-1-2-5(6)4-8/h1-3,5,8H,4H2. The Kier molecular flexibility index (Phi) is 1.86. The third-order valence-corrected chi connectivity index (χ3v) is 2.00. The maximum atomic E-state index is 8.61. The van der Waals surface area contributed by atoms with Crippen molar-refractivity contribution >= 4 is 15.9 Å². The lowest BCUT2D eigenvalue weighted by molar-refractivity contribution is 0.274. The topological polar surface area (TPSA) is 20.2 Å². The van der Waals surface area contributed by atoms with Crippen LogP contribution in [0.5, 0.6) is 0 Å². The SMILES string of the molecule is OCC1C=CC=C1Br. The first-order valence-electron chi connectivity index (χ1n) is 2.49. The van der Waals surface area contributed by atoms with Crippen LogP contribution in [0.1, 0.15) is 0 Å². The molecule has 0 fully saturated rings. The highest BCUT2D eigenvalue weighted by molar-refractivity contribution is 9.11. The quantitative estimate of drug-likeness (QED) is 0.639. The molecule has 44 valence electrons. The molecule has 0 spiro atoms. The van der Waals surface area contributed by atoms with E-state index in [1.165, 1.54) is 0 Å². The molecule has 0 heterocycles. The van der Waals surface area contributed by atoms with E-state index in [1.807, 2.05) is 18.2 Å². The zero-order chi connectivity index (χ0) is 5.98. The first-order valence-corrected chi connectivity index (χ1v) is 3.28. The molecule has 0 aromatic rings. The van der Waals surface area contributed by atoms with Crippen LogP contribution in [0.4, 0.5) is 0 Å². The minimum atomic E-state index is 0.202. The summed E-state index contributed by atoms with van der Waals surface area (Å²) < 4.78 is 1.07. The molecule has 0 aromatic heterocycles. The lowest BCUT2D eigenvalue weighted by Gasteiger charge is -2.00. The van der Waals surface area contributed by atoms with Crippen molar-refractivity contribution in [2.75, 3.05) is 6.61 Å². The van der Waals surface area contributed by atoms with Crippen molar-refractivity contribution in [3.63, 3.8) is 0 Å². The van der Waals surface area contributed by atoms with Gasteiger partial charge >= 0.3 is 0 Å². The highest BCUT2D eigenvalue weighted by atomic mass is 79.9. The molecule has 1 atom stereocenters. The predicted octanol–water partition coefficient (Wildman–Crippen LogP) is 1.44. The molecule has 1 aliphatic carbocycles. The van der Waals surface area contributed by atoms with Gasteiger partial charge in [0.2, 0.25) is 0 Å². The fraction of sp³-hybridized carbons (Fsp3) is 0.333. The predicted molar refractivity (Wildman–Crippen MR) is 36.7 cm³/mol. The number of halogens is 1. The summed E-state index contributed by atoms with van der Waals surface area (Å²) in [4.78, 5) is 0. The van der Waals surface area contributed by atoms with Gasteiger partial charge in [0.1, 0.15) is 0 Å². The molecule has 0 aliphatic heterocycles. The van der Waals surface area contributed by atoms with Crippen molar-refractivity contribution in [3.8, 4) is 0 Å². The van der Waals surface area contributed by atoms with E-state index in [2.05, 4.69) is 15.9 Å². The van der Waals surface area contributed by atoms with Gasteiger partial charge in [-0.1, -0.05) is 34.2 Å².